The van der Waals surface area contributed by atoms with Crippen molar-refractivity contribution in [1.82, 2.24) is 15.3 Å². The van der Waals surface area contributed by atoms with Gasteiger partial charge in [-0.15, -0.1) is 0 Å². The number of carbonyl (C=O) groups is 1. The van der Waals surface area contributed by atoms with Crippen LogP contribution in [0.2, 0.25) is 5.02 Å². The lowest BCUT2D eigenvalue weighted by Gasteiger charge is -2.33. The predicted octanol–water partition coefficient (Wildman–Crippen LogP) is 5.25. The number of hydrogen-bond acceptors (Lipinski definition) is 6. The summed E-state index contributed by atoms with van der Waals surface area (Å²) < 4.78 is 14.5. The fourth-order valence-electron chi connectivity index (χ4n) is 4.77. The van der Waals surface area contributed by atoms with Crippen LogP contribution in [0.3, 0.4) is 0 Å². The van der Waals surface area contributed by atoms with E-state index in [9.17, 15) is 9.18 Å². The first-order valence-electron chi connectivity index (χ1n) is 10.9. The normalized spacial score (nSPS) is 20.4. The Bertz CT molecular complexity index is 1280. The highest BCUT2D eigenvalue weighted by Gasteiger charge is 2.46. The van der Waals surface area contributed by atoms with E-state index >= 15 is 0 Å². The summed E-state index contributed by atoms with van der Waals surface area (Å²) >= 11 is 7.59. The highest BCUT2D eigenvalue weighted by atomic mass is 35.5. The summed E-state index contributed by atoms with van der Waals surface area (Å²) in [5, 5.41) is 7.16. The number of hydrogen-bond donors (Lipinski definition) is 2. The number of aromatic nitrogens is 2. The van der Waals surface area contributed by atoms with Crippen molar-refractivity contribution in [2.45, 2.75) is 42.1 Å². The van der Waals surface area contributed by atoms with E-state index in [4.69, 9.17) is 11.6 Å². The summed E-state index contributed by atoms with van der Waals surface area (Å²) in [5.41, 5.74) is 4.39. The maximum atomic E-state index is 14.5. The fourth-order valence-corrected chi connectivity index (χ4v) is 6.06. The van der Waals surface area contributed by atoms with Crippen LogP contribution in [-0.2, 0) is 12.0 Å². The number of nitrogens with zero attached hydrogens (tertiary/aromatic N) is 3. The van der Waals surface area contributed by atoms with Gasteiger partial charge in [-0.05, 0) is 55.2 Å². The summed E-state index contributed by atoms with van der Waals surface area (Å²) in [6, 6.07) is 10.8. The monoisotopic (exact) mass is 481 g/mol. The van der Waals surface area contributed by atoms with Crippen LogP contribution in [0.4, 0.5) is 21.7 Å². The smallest absolute Gasteiger partial charge is 0.263 e. The van der Waals surface area contributed by atoms with Gasteiger partial charge in [0.2, 0.25) is 5.95 Å². The lowest BCUT2D eigenvalue weighted by atomic mass is 9.88. The lowest BCUT2D eigenvalue weighted by Crippen LogP contribution is -2.41. The lowest BCUT2D eigenvalue weighted by molar-refractivity contribution is 0.0978. The van der Waals surface area contributed by atoms with Crippen molar-refractivity contribution >= 4 is 46.6 Å². The van der Waals surface area contributed by atoms with E-state index in [-0.39, 0.29) is 22.0 Å². The first-order chi connectivity index (χ1) is 15.9. The number of amides is 1. The molecule has 2 N–H and O–H groups in total. The average Bonchev–Trinajstić information content (AvgIpc) is 3.55. The summed E-state index contributed by atoms with van der Waals surface area (Å²) in [7, 11) is 0. The molecule has 168 valence electrons. The summed E-state index contributed by atoms with van der Waals surface area (Å²) in [6.45, 7) is 3.74. The van der Waals surface area contributed by atoms with Gasteiger partial charge in [-0.2, -0.15) is 0 Å². The maximum absolute atomic E-state index is 14.5. The van der Waals surface area contributed by atoms with Crippen molar-refractivity contribution in [1.29, 1.82) is 0 Å². The number of rotatable bonds is 3. The van der Waals surface area contributed by atoms with Gasteiger partial charge in [0.05, 0.1) is 21.6 Å². The average molecular weight is 482 g/mol. The number of fused-ring (bicyclic) bond motifs is 3. The minimum absolute atomic E-state index is 0.0770. The van der Waals surface area contributed by atoms with Crippen molar-refractivity contribution in [2.24, 2.45) is 0 Å². The van der Waals surface area contributed by atoms with Crippen LogP contribution in [0.25, 0.3) is 0 Å². The Kier molecular flexibility index (Phi) is 4.87. The zero-order valence-corrected chi connectivity index (χ0v) is 19.4. The van der Waals surface area contributed by atoms with Crippen LogP contribution < -0.4 is 15.5 Å². The molecule has 1 atom stereocenters. The minimum Gasteiger partial charge on any atom is -0.324 e. The van der Waals surface area contributed by atoms with Crippen LogP contribution in [0.15, 0.2) is 47.6 Å². The Morgan fingerprint density at radius 1 is 1.30 bits per heavy atom. The molecule has 1 saturated carbocycles. The second-order valence-electron chi connectivity index (χ2n) is 8.76. The Labute approximate surface area is 199 Å². The van der Waals surface area contributed by atoms with E-state index in [0.717, 1.165) is 18.8 Å². The van der Waals surface area contributed by atoms with Crippen molar-refractivity contribution < 1.29 is 9.18 Å². The first kappa shape index (κ1) is 20.9. The van der Waals surface area contributed by atoms with E-state index in [2.05, 4.69) is 38.8 Å². The molecule has 3 aromatic rings. The van der Waals surface area contributed by atoms with E-state index in [0.29, 0.717) is 22.0 Å². The van der Waals surface area contributed by atoms with Crippen LogP contribution in [-0.4, -0.2) is 27.8 Å². The van der Waals surface area contributed by atoms with Gasteiger partial charge in [0, 0.05) is 30.4 Å². The molecule has 33 heavy (non-hydrogen) atoms. The molecular formula is C24H21ClFN5OS. The number of carbonyl (C=O) groups excluding carboxylic acids is 1. The van der Waals surface area contributed by atoms with Crippen molar-refractivity contribution in [3.63, 3.8) is 0 Å². The van der Waals surface area contributed by atoms with Crippen molar-refractivity contribution in [3.05, 3.63) is 70.1 Å². The van der Waals surface area contributed by atoms with Gasteiger partial charge in [0.1, 0.15) is 10.8 Å². The van der Waals surface area contributed by atoms with Gasteiger partial charge in [0.15, 0.2) is 0 Å². The van der Waals surface area contributed by atoms with Crippen LogP contribution >= 0.6 is 23.4 Å². The van der Waals surface area contributed by atoms with Gasteiger partial charge in [-0.1, -0.05) is 35.5 Å². The third-order valence-electron chi connectivity index (χ3n) is 6.59. The third kappa shape index (κ3) is 3.48. The number of anilines is 3. The highest BCUT2D eigenvalue weighted by molar-refractivity contribution is 8.00. The van der Waals surface area contributed by atoms with Gasteiger partial charge in [0.25, 0.3) is 5.91 Å². The molecule has 1 aromatic heterocycles. The Hall–Kier alpha value is -2.68. The zero-order valence-electron chi connectivity index (χ0n) is 17.9. The molecule has 2 aliphatic heterocycles. The second-order valence-corrected chi connectivity index (χ2v) is 10.5. The minimum atomic E-state index is -0.541. The molecule has 0 bridgehead atoms. The van der Waals surface area contributed by atoms with E-state index in [1.807, 2.05) is 6.92 Å². The van der Waals surface area contributed by atoms with E-state index < -0.39 is 5.82 Å². The molecular weight excluding hydrogens is 461 g/mol. The molecule has 2 aromatic carbocycles. The highest BCUT2D eigenvalue weighted by Crippen LogP contribution is 2.50. The number of thioether (sulfide) groups is 1. The van der Waals surface area contributed by atoms with Gasteiger partial charge < -0.3 is 10.6 Å². The molecule has 1 unspecified atom stereocenters. The van der Waals surface area contributed by atoms with Crippen LogP contribution in [0.5, 0.6) is 0 Å². The molecule has 0 saturated heterocycles. The molecule has 1 fully saturated rings. The summed E-state index contributed by atoms with van der Waals surface area (Å²) in [5.74, 6) is -0.492. The standard InChI is InChI=1S/C24H21ClFN5OS/c1-13-31(20-18(25)3-2-4-19(20)26)22(32)16-11-28-23(30-21(16)33-13)29-15-5-6-17-14(9-15)10-27-12-24(17)7-8-24/h2-6,9,11,13,27H,7-8,10,12H2,1H3,(H,28,29,30). The van der Waals surface area contributed by atoms with Crippen LogP contribution in [0.1, 0.15) is 41.3 Å². The molecule has 1 spiro atoms. The fraction of sp³-hybridized carbons (Fsp3) is 0.292. The maximum Gasteiger partial charge on any atom is 0.263 e. The topological polar surface area (TPSA) is 70.1 Å². The summed E-state index contributed by atoms with van der Waals surface area (Å²) in [6.07, 6.45) is 3.98. The molecule has 1 aliphatic carbocycles. The molecule has 6 nitrogen and oxygen atoms in total. The SMILES string of the molecule is CC1Sc2nc(Nc3ccc4c(c3)CNCC43CC3)ncc2C(=O)N1c1c(F)cccc1Cl. The number of para-hydroxylation sites is 1. The number of benzene rings is 2. The van der Waals surface area contributed by atoms with E-state index in [1.165, 1.54) is 59.0 Å². The first-order valence-corrected chi connectivity index (χ1v) is 12.1. The Balaban J connectivity index is 1.28. The van der Waals surface area contributed by atoms with Gasteiger partial charge in [-0.25, -0.2) is 14.4 Å². The molecule has 6 rings (SSSR count). The molecule has 9 heteroatoms. The molecule has 3 aliphatic rings. The largest absolute Gasteiger partial charge is 0.324 e. The van der Waals surface area contributed by atoms with Crippen LogP contribution in [0, 0.1) is 5.82 Å². The second kappa shape index (κ2) is 7.68. The van der Waals surface area contributed by atoms with Crippen molar-refractivity contribution in [3.8, 4) is 0 Å². The third-order valence-corrected chi connectivity index (χ3v) is 7.98. The molecule has 1 amide bonds. The van der Waals surface area contributed by atoms with Gasteiger partial charge >= 0.3 is 0 Å². The zero-order chi connectivity index (χ0) is 22.7. The molecule has 0 radical (unpaired) electrons. The molecule has 3 heterocycles. The van der Waals surface area contributed by atoms with E-state index in [1.54, 1.807) is 6.07 Å². The Morgan fingerprint density at radius 3 is 2.94 bits per heavy atom. The predicted molar refractivity (Wildman–Crippen MR) is 128 cm³/mol. The summed E-state index contributed by atoms with van der Waals surface area (Å²) in [4.78, 5) is 23.5. The van der Waals surface area contributed by atoms with Gasteiger partial charge in [-0.3, -0.25) is 9.69 Å². The quantitative estimate of drug-likeness (QED) is 0.498. The number of nitrogens with one attached hydrogen (secondary N) is 2. The number of halogens is 2. The Morgan fingerprint density at radius 2 is 2.15 bits per heavy atom. The van der Waals surface area contributed by atoms with Crippen molar-refractivity contribution in [2.75, 3.05) is 16.8 Å².